The Labute approximate surface area is 123 Å². The van der Waals surface area contributed by atoms with Crippen LogP contribution in [0.1, 0.15) is 27.9 Å². The van der Waals surface area contributed by atoms with Crippen molar-refractivity contribution in [3.05, 3.63) is 59.4 Å². The molecule has 0 aliphatic rings. The smallest absolute Gasteiger partial charge is 0.256 e. The summed E-state index contributed by atoms with van der Waals surface area (Å²) in [6.07, 6.45) is 3.72. The summed E-state index contributed by atoms with van der Waals surface area (Å²) in [6.45, 7) is 1.90. The molecule has 21 heavy (non-hydrogen) atoms. The van der Waals surface area contributed by atoms with Crippen molar-refractivity contribution in [2.45, 2.75) is 13.3 Å². The number of carbonyl (C=O) groups excluding carboxylic acids is 1. The van der Waals surface area contributed by atoms with E-state index in [2.05, 4.69) is 22.1 Å². The van der Waals surface area contributed by atoms with Crippen LogP contribution in [0, 0.1) is 18.8 Å². The highest BCUT2D eigenvalue weighted by Gasteiger charge is 2.10. The largest absolute Gasteiger partial charge is 0.395 e. The van der Waals surface area contributed by atoms with E-state index in [-0.39, 0.29) is 12.5 Å². The minimum absolute atomic E-state index is 0.0115. The lowest BCUT2D eigenvalue weighted by atomic mass is 10.1. The summed E-state index contributed by atoms with van der Waals surface area (Å²) in [7, 11) is 0. The van der Waals surface area contributed by atoms with Gasteiger partial charge in [-0.25, -0.2) is 0 Å². The van der Waals surface area contributed by atoms with E-state index in [0.29, 0.717) is 17.5 Å². The zero-order valence-electron chi connectivity index (χ0n) is 11.8. The second-order valence-electron chi connectivity index (χ2n) is 4.47. The van der Waals surface area contributed by atoms with Crippen molar-refractivity contribution in [2.75, 3.05) is 11.9 Å². The van der Waals surface area contributed by atoms with Gasteiger partial charge in [-0.3, -0.25) is 9.78 Å². The molecule has 0 unspecified atom stereocenters. The number of pyridine rings is 1. The number of rotatable bonds is 3. The Hall–Kier alpha value is -2.64. The number of nitrogens with one attached hydrogen (secondary N) is 1. The molecule has 2 rings (SSSR count). The van der Waals surface area contributed by atoms with Crippen LogP contribution in [0.2, 0.25) is 0 Å². The van der Waals surface area contributed by atoms with E-state index in [1.807, 2.05) is 13.0 Å². The Morgan fingerprint density at radius 1 is 1.33 bits per heavy atom. The quantitative estimate of drug-likeness (QED) is 0.849. The number of carbonyl (C=O) groups is 1. The van der Waals surface area contributed by atoms with Crippen LogP contribution in [-0.4, -0.2) is 22.6 Å². The average molecular weight is 280 g/mol. The molecule has 1 aromatic carbocycles. The van der Waals surface area contributed by atoms with E-state index in [9.17, 15) is 4.79 Å². The molecule has 4 nitrogen and oxygen atoms in total. The number of nitrogens with zero attached hydrogens (tertiary/aromatic N) is 1. The summed E-state index contributed by atoms with van der Waals surface area (Å²) < 4.78 is 0. The molecule has 0 saturated carbocycles. The first-order chi connectivity index (χ1) is 10.2. The van der Waals surface area contributed by atoms with Crippen molar-refractivity contribution >= 4 is 11.6 Å². The van der Waals surface area contributed by atoms with Crippen molar-refractivity contribution in [3.8, 4) is 11.8 Å². The molecule has 1 aromatic heterocycles. The Bertz CT molecular complexity index is 699. The summed E-state index contributed by atoms with van der Waals surface area (Å²) in [5, 5.41) is 11.6. The predicted octanol–water partition coefficient (Wildman–Crippen LogP) is 2.38. The highest BCUT2D eigenvalue weighted by Crippen LogP contribution is 2.15. The van der Waals surface area contributed by atoms with Gasteiger partial charge in [0.2, 0.25) is 0 Å². The Morgan fingerprint density at radius 3 is 2.90 bits per heavy atom. The van der Waals surface area contributed by atoms with Crippen molar-refractivity contribution in [1.82, 2.24) is 4.98 Å². The third-order valence-corrected chi connectivity index (χ3v) is 2.90. The van der Waals surface area contributed by atoms with Crippen LogP contribution < -0.4 is 5.32 Å². The van der Waals surface area contributed by atoms with Gasteiger partial charge in [0.05, 0.1) is 12.2 Å². The van der Waals surface area contributed by atoms with E-state index in [4.69, 9.17) is 5.11 Å². The molecular weight excluding hydrogens is 264 g/mol. The third kappa shape index (κ3) is 3.91. The monoisotopic (exact) mass is 280 g/mol. The highest BCUT2D eigenvalue weighted by atomic mass is 16.2. The minimum Gasteiger partial charge on any atom is -0.395 e. The molecule has 0 radical (unpaired) electrons. The van der Waals surface area contributed by atoms with Crippen LogP contribution >= 0.6 is 0 Å². The van der Waals surface area contributed by atoms with E-state index >= 15 is 0 Å². The number of amides is 1. The topological polar surface area (TPSA) is 62.2 Å². The van der Waals surface area contributed by atoms with Crippen LogP contribution in [-0.2, 0) is 0 Å². The molecular formula is C17H16N2O2. The standard InChI is InChI=1S/C17H16N2O2/c1-13-12-18-10-9-16(13)19-17(21)15-8-3-2-6-14(15)7-4-5-11-20/h2-3,6,8-10,12,20H,5,11H2,1H3,(H,18,19,21). The molecule has 4 heteroatoms. The fraction of sp³-hybridized carbons (Fsp3) is 0.176. The highest BCUT2D eigenvalue weighted by molar-refractivity contribution is 6.06. The SMILES string of the molecule is Cc1cnccc1NC(=O)c1ccccc1C#CCCO. The maximum atomic E-state index is 12.4. The first kappa shape index (κ1) is 14.8. The number of hydrogen-bond donors (Lipinski definition) is 2. The first-order valence-corrected chi connectivity index (χ1v) is 6.63. The Balaban J connectivity index is 2.24. The molecule has 0 spiro atoms. The number of anilines is 1. The maximum Gasteiger partial charge on any atom is 0.256 e. The lowest BCUT2D eigenvalue weighted by Crippen LogP contribution is -2.14. The number of aryl methyl sites for hydroxylation is 1. The molecule has 0 saturated heterocycles. The molecule has 0 aliphatic heterocycles. The van der Waals surface area contributed by atoms with Crippen molar-refractivity contribution < 1.29 is 9.90 Å². The molecule has 1 heterocycles. The van der Waals surface area contributed by atoms with Crippen LogP contribution in [0.3, 0.4) is 0 Å². The summed E-state index contributed by atoms with van der Waals surface area (Å²) in [4.78, 5) is 16.4. The molecule has 0 atom stereocenters. The fourth-order valence-electron chi connectivity index (χ4n) is 1.81. The number of aliphatic hydroxyl groups is 1. The second kappa shape index (κ2) is 7.22. The second-order valence-corrected chi connectivity index (χ2v) is 4.47. The van der Waals surface area contributed by atoms with Crippen LogP contribution in [0.25, 0.3) is 0 Å². The van der Waals surface area contributed by atoms with Gasteiger partial charge >= 0.3 is 0 Å². The van der Waals surface area contributed by atoms with Crippen molar-refractivity contribution in [2.24, 2.45) is 0 Å². The molecule has 2 N–H and O–H groups in total. The normalized spacial score (nSPS) is 9.62. The van der Waals surface area contributed by atoms with Gasteiger partial charge in [0.25, 0.3) is 5.91 Å². The first-order valence-electron chi connectivity index (χ1n) is 6.63. The van der Waals surface area contributed by atoms with Crippen molar-refractivity contribution in [1.29, 1.82) is 0 Å². The third-order valence-electron chi connectivity index (χ3n) is 2.90. The van der Waals surface area contributed by atoms with Crippen LogP contribution in [0.15, 0.2) is 42.7 Å². The van der Waals surface area contributed by atoms with E-state index in [1.54, 1.807) is 36.7 Å². The molecule has 106 valence electrons. The number of aliphatic hydroxyl groups excluding tert-OH is 1. The van der Waals surface area contributed by atoms with Gasteiger partial charge in [0, 0.05) is 30.1 Å². The van der Waals surface area contributed by atoms with Crippen molar-refractivity contribution in [3.63, 3.8) is 0 Å². The lowest BCUT2D eigenvalue weighted by molar-refractivity contribution is 0.102. The molecule has 1 amide bonds. The lowest BCUT2D eigenvalue weighted by Gasteiger charge is -2.08. The van der Waals surface area contributed by atoms with Gasteiger partial charge < -0.3 is 10.4 Å². The minimum atomic E-state index is -0.210. The predicted molar refractivity (Wildman–Crippen MR) is 82.0 cm³/mol. The van der Waals surface area contributed by atoms with Crippen LogP contribution in [0.4, 0.5) is 5.69 Å². The Morgan fingerprint density at radius 2 is 2.14 bits per heavy atom. The summed E-state index contributed by atoms with van der Waals surface area (Å²) in [5.74, 6) is 5.53. The zero-order chi connectivity index (χ0) is 15.1. The maximum absolute atomic E-state index is 12.4. The van der Waals surface area contributed by atoms with Crippen LogP contribution in [0.5, 0.6) is 0 Å². The van der Waals surface area contributed by atoms with Gasteiger partial charge in [-0.1, -0.05) is 24.0 Å². The van der Waals surface area contributed by atoms with E-state index in [0.717, 1.165) is 11.3 Å². The Kier molecular flexibility index (Phi) is 5.08. The van der Waals surface area contributed by atoms with Gasteiger partial charge in [0.1, 0.15) is 0 Å². The molecule has 0 fully saturated rings. The zero-order valence-corrected chi connectivity index (χ0v) is 11.8. The molecule has 0 aliphatic carbocycles. The summed E-state index contributed by atoms with van der Waals surface area (Å²) in [5.41, 5.74) is 2.79. The van der Waals surface area contributed by atoms with E-state index < -0.39 is 0 Å². The number of benzene rings is 1. The van der Waals surface area contributed by atoms with Gasteiger partial charge in [-0.05, 0) is 30.7 Å². The summed E-state index contributed by atoms with van der Waals surface area (Å²) >= 11 is 0. The van der Waals surface area contributed by atoms with E-state index in [1.165, 1.54) is 0 Å². The van der Waals surface area contributed by atoms with Gasteiger partial charge in [0.15, 0.2) is 0 Å². The van der Waals surface area contributed by atoms with Gasteiger partial charge in [-0.2, -0.15) is 0 Å². The average Bonchev–Trinajstić information content (AvgIpc) is 2.50. The fourth-order valence-corrected chi connectivity index (χ4v) is 1.81. The van der Waals surface area contributed by atoms with Gasteiger partial charge in [-0.15, -0.1) is 0 Å². The number of hydrogen-bond acceptors (Lipinski definition) is 3. The molecule has 2 aromatic rings. The number of aromatic nitrogens is 1. The molecule has 0 bridgehead atoms. The summed E-state index contributed by atoms with van der Waals surface area (Å²) in [6, 6.07) is 8.91.